The molecule has 0 spiro atoms. The lowest BCUT2D eigenvalue weighted by Crippen LogP contribution is -2.14. The van der Waals surface area contributed by atoms with E-state index in [1.54, 1.807) is 16.8 Å². The maximum atomic E-state index is 11.7. The summed E-state index contributed by atoms with van der Waals surface area (Å²) in [5.41, 5.74) is 10.1. The molecule has 0 unspecified atom stereocenters. The van der Waals surface area contributed by atoms with Gasteiger partial charge in [0.2, 0.25) is 4.80 Å². The average Bonchev–Trinajstić information content (AvgIpc) is 3.39. The second kappa shape index (κ2) is 7.55. The molecule has 4 N–H and O–H groups in total. The van der Waals surface area contributed by atoms with E-state index in [-0.39, 0.29) is 11.3 Å². The van der Waals surface area contributed by atoms with E-state index in [1.165, 1.54) is 17.4 Å². The van der Waals surface area contributed by atoms with Gasteiger partial charge >= 0.3 is 0 Å². The number of fused-ring (bicyclic) bond motifs is 1. The number of phenols is 1. The number of para-hydroxylation sites is 1. The third-order valence-corrected chi connectivity index (χ3v) is 6.16. The van der Waals surface area contributed by atoms with Crippen molar-refractivity contribution >= 4 is 34.4 Å². The van der Waals surface area contributed by atoms with Crippen molar-refractivity contribution < 1.29 is 9.90 Å². The summed E-state index contributed by atoms with van der Waals surface area (Å²) in [5, 5.41) is 17.8. The van der Waals surface area contributed by atoms with Crippen molar-refractivity contribution in [3.8, 4) is 17.0 Å². The van der Waals surface area contributed by atoms with Gasteiger partial charge in [-0.2, -0.15) is 5.10 Å². The lowest BCUT2D eigenvalue weighted by molar-refractivity contribution is 0.0998. The minimum absolute atomic E-state index is 0.0763. The van der Waals surface area contributed by atoms with Crippen molar-refractivity contribution in [2.75, 3.05) is 0 Å². The fourth-order valence-corrected chi connectivity index (χ4v) is 4.44. The Kier molecular flexibility index (Phi) is 4.71. The summed E-state index contributed by atoms with van der Waals surface area (Å²) in [6.45, 7) is 2.02. The van der Waals surface area contributed by atoms with Crippen molar-refractivity contribution in [3.05, 3.63) is 69.5 Å². The molecule has 0 saturated heterocycles. The summed E-state index contributed by atoms with van der Waals surface area (Å²) >= 11 is 1.50. The van der Waals surface area contributed by atoms with Gasteiger partial charge in [0, 0.05) is 33.1 Å². The van der Waals surface area contributed by atoms with Crippen molar-refractivity contribution in [2.45, 2.75) is 25.8 Å². The second-order valence-electron chi connectivity index (χ2n) is 7.63. The van der Waals surface area contributed by atoms with Crippen LogP contribution in [-0.2, 0) is 0 Å². The number of primary amides is 1. The lowest BCUT2D eigenvalue weighted by atomic mass is 10.1. The predicted molar refractivity (Wildman–Crippen MR) is 123 cm³/mol. The predicted octanol–water partition coefficient (Wildman–Crippen LogP) is 3.76. The maximum absolute atomic E-state index is 11.7. The van der Waals surface area contributed by atoms with Crippen LogP contribution in [0.2, 0.25) is 0 Å². The van der Waals surface area contributed by atoms with E-state index in [0.29, 0.717) is 6.04 Å². The van der Waals surface area contributed by atoms with Crippen molar-refractivity contribution in [3.63, 3.8) is 0 Å². The van der Waals surface area contributed by atoms with Gasteiger partial charge in [0.25, 0.3) is 5.91 Å². The van der Waals surface area contributed by atoms with Gasteiger partial charge in [-0.1, -0.05) is 18.2 Å². The highest BCUT2D eigenvalue weighted by Gasteiger charge is 2.21. The average molecular weight is 432 g/mol. The standard InChI is InChI=1S/C23H21N5O2S/c1-13-18(16-4-2-3-5-19(16)26-13)11-25-28-20(12-31-23(28)27-15-7-8-15)14-6-9-21(29)17(10-14)22(24)30/h2-6,9-12,15,26,29H,7-8H2,1H3,(H2,24,30)/b25-11-,27-23?. The van der Waals surface area contributed by atoms with Crippen LogP contribution in [0, 0.1) is 6.92 Å². The minimum Gasteiger partial charge on any atom is -0.507 e. The Labute approximate surface area is 182 Å². The third-order valence-electron chi connectivity index (χ3n) is 5.33. The molecule has 0 radical (unpaired) electrons. The molecular weight excluding hydrogens is 410 g/mol. The molecule has 156 valence electrons. The first-order valence-electron chi connectivity index (χ1n) is 10.0. The molecule has 2 aromatic carbocycles. The van der Waals surface area contributed by atoms with Crippen LogP contribution in [0.15, 0.2) is 57.9 Å². The molecule has 1 aliphatic rings. The maximum Gasteiger partial charge on any atom is 0.252 e. The molecule has 0 bridgehead atoms. The number of nitrogens with two attached hydrogens (primary N) is 1. The quantitative estimate of drug-likeness (QED) is 0.418. The molecule has 8 heteroatoms. The normalized spacial score (nSPS) is 14.7. The van der Waals surface area contributed by atoms with Gasteiger partial charge in [0.15, 0.2) is 0 Å². The number of nitrogens with zero attached hydrogens (tertiary/aromatic N) is 3. The number of amides is 1. The number of aromatic amines is 1. The van der Waals surface area contributed by atoms with Crippen LogP contribution >= 0.6 is 11.3 Å². The number of nitrogens with one attached hydrogen (secondary N) is 1. The molecule has 2 aromatic heterocycles. The van der Waals surface area contributed by atoms with Gasteiger partial charge in [-0.3, -0.25) is 9.79 Å². The summed E-state index contributed by atoms with van der Waals surface area (Å²) in [6, 6.07) is 13.3. The largest absolute Gasteiger partial charge is 0.507 e. The molecular formula is C23H21N5O2S. The molecule has 1 aliphatic carbocycles. The Morgan fingerprint density at radius 2 is 2.10 bits per heavy atom. The van der Waals surface area contributed by atoms with E-state index in [2.05, 4.69) is 11.1 Å². The summed E-state index contributed by atoms with van der Waals surface area (Å²) in [4.78, 5) is 20.7. The molecule has 1 saturated carbocycles. The summed E-state index contributed by atoms with van der Waals surface area (Å²) in [5.74, 6) is -0.819. The number of carbonyl (C=O) groups is 1. The first kappa shape index (κ1) is 19.3. The van der Waals surface area contributed by atoms with Crippen LogP contribution in [0.5, 0.6) is 5.75 Å². The van der Waals surface area contributed by atoms with Gasteiger partial charge < -0.3 is 15.8 Å². The lowest BCUT2D eigenvalue weighted by Gasteiger charge is -2.07. The first-order chi connectivity index (χ1) is 15.0. The summed E-state index contributed by atoms with van der Waals surface area (Å²) in [6.07, 6.45) is 4.01. The molecule has 31 heavy (non-hydrogen) atoms. The Hall–Kier alpha value is -3.65. The highest BCUT2D eigenvalue weighted by molar-refractivity contribution is 7.07. The molecule has 0 aliphatic heterocycles. The van der Waals surface area contributed by atoms with E-state index in [4.69, 9.17) is 15.8 Å². The van der Waals surface area contributed by atoms with Crippen LogP contribution in [0.25, 0.3) is 22.2 Å². The van der Waals surface area contributed by atoms with Gasteiger partial charge in [0.1, 0.15) is 5.75 Å². The number of rotatable bonds is 5. The van der Waals surface area contributed by atoms with Crippen molar-refractivity contribution in [1.29, 1.82) is 0 Å². The molecule has 2 heterocycles. The zero-order chi connectivity index (χ0) is 21.5. The van der Waals surface area contributed by atoms with E-state index >= 15 is 0 Å². The second-order valence-corrected chi connectivity index (χ2v) is 8.46. The Balaban J connectivity index is 1.65. The number of aromatic hydroxyl groups is 1. The van der Waals surface area contributed by atoms with Gasteiger partial charge in [-0.05, 0) is 44.0 Å². The van der Waals surface area contributed by atoms with Crippen LogP contribution < -0.4 is 10.5 Å². The topological polar surface area (TPSA) is 109 Å². The number of hydrogen-bond donors (Lipinski definition) is 3. The number of aromatic nitrogens is 2. The van der Waals surface area contributed by atoms with E-state index in [9.17, 15) is 9.90 Å². The smallest absolute Gasteiger partial charge is 0.252 e. The third kappa shape index (κ3) is 3.66. The number of H-pyrrole nitrogens is 1. The molecule has 5 rings (SSSR count). The van der Waals surface area contributed by atoms with E-state index in [0.717, 1.165) is 51.1 Å². The fraction of sp³-hybridized carbons (Fsp3) is 0.174. The highest BCUT2D eigenvalue weighted by Crippen LogP contribution is 2.28. The van der Waals surface area contributed by atoms with Crippen LogP contribution in [0.1, 0.15) is 34.5 Å². The molecule has 1 amide bonds. The number of thiazole rings is 1. The Bertz CT molecular complexity index is 1410. The van der Waals surface area contributed by atoms with Gasteiger partial charge in [0.05, 0.1) is 23.5 Å². The SMILES string of the molecule is Cc1[nH]c2ccccc2c1/C=N\n1c(-c2ccc(O)c(C(N)=O)c2)csc1=NC1CC1. The molecule has 4 aromatic rings. The zero-order valence-corrected chi connectivity index (χ0v) is 17.7. The molecule has 7 nitrogen and oxygen atoms in total. The van der Waals surface area contributed by atoms with E-state index < -0.39 is 5.91 Å². The zero-order valence-electron chi connectivity index (χ0n) is 16.9. The Morgan fingerprint density at radius 1 is 1.29 bits per heavy atom. The van der Waals surface area contributed by atoms with Crippen molar-refractivity contribution in [2.24, 2.45) is 15.8 Å². The molecule has 1 fully saturated rings. The minimum atomic E-state index is -0.679. The van der Waals surface area contributed by atoms with Crippen LogP contribution in [-0.4, -0.2) is 32.9 Å². The van der Waals surface area contributed by atoms with Crippen LogP contribution in [0.4, 0.5) is 0 Å². The number of benzene rings is 2. The number of hydrogen-bond acceptors (Lipinski definition) is 5. The highest BCUT2D eigenvalue weighted by atomic mass is 32.1. The van der Waals surface area contributed by atoms with Crippen molar-refractivity contribution in [1.82, 2.24) is 9.66 Å². The Morgan fingerprint density at radius 3 is 2.87 bits per heavy atom. The number of carbonyl (C=O) groups excluding carboxylic acids is 1. The van der Waals surface area contributed by atoms with Crippen LogP contribution in [0.3, 0.4) is 0 Å². The number of aryl methyl sites for hydroxylation is 1. The van der Waals surface area contributed by atoms with Gasteiger partial charge in [-0.25, -0.2) is 4.68 Å². The summed E-state index contributed by atoms with van der Waals surface area (Å²) < 4.78 is 1.79. The molecule has 0 atom stereocenters. The van der Waals surface area contributed by atoms with Gasteiger partial charge in [-0.15, -0.1) is 11.3 Å². The monoisotopic (exact) mass is 431 g/mol. The fourth-order valence-electron chi connectivity index (χ4n) is 3.53. The van der Waals surface area contributed by atoms with E-state index in [1.807, 2.05) is 36.7 Å². The summed E-state index contributed by atoms with van der Waals surface area (Å²) in [7, 11) is 0. The first-order valence-corrected chi connectivity index (χ1v) is 10.9.